The van der Waals surface area contributed by atoms with Crippen molar-refractivity contribution in [2.45, 2.75) is 12.8 Å². The van der Waals surface area contributed by atoms with Gasteiger partial charge in [-0.25, -0.2) is 13.8 Å². The van der Waals surface area contributed by atoms with Crippen LogP contribution in [0.4, 0.5) is 14.5 Å². The molecule has 0 fully saturated rings. The Morgan fingerprint density at radius 1 is 1.65 bits per heavy atom. The smallest absolute Gasteiger partial charge is 0.308 e. The third-order valence-corrected chi connectivity index (χ3v) is 2.74. The van der Waals surface area contributed by atoms with Gasteiger partial charge in [-0.1, -0.05) is 0 Å². The summed E-state index contributed by atoms with van der Waals surface area (Å²) in [6, 6.07) is 0. The summed E-state index contributed by atoms with van der Waals surface area (Å²) in [4.78, 5) is 23.5. The van der Waals surface area contributed by atoms with Crippen LogP contribution in [-0.2, 0) is 11.2 Å². The molecule has 1 heterocycles. The number of aromatic nitrogens is 1. The van der Waals surface area contributed by atoms with Gasteiger partial charge in [-0.3, -0.25) is 14.9 Å². The van der Waals surface area contributed by atoms with Gasteiger partial charge in [0.15, 0.2) is 0 Å². The molecular weight excluding hydrogens is 306 g/mol. The van der Waals surface area contributed by atoms with E-state index in [2.05, 4.69) is 20.9 Å². The first-order valence-corrected chi connectivity index (χ1v) is 4.95. The van der Waals surface area contributed by atoms with Crippen LogP contribution in [0.5, 0.6) is 0 Å². The van der Waals surface area contributed by atoms with Crippen molar-refractivity contribution in [3.8, 4) is 0 Å². The molecule has 0 aliphatic rings. The summed E-state index contributed by atoms with van der Waals surface area (Å²) >= 11 is 2.72. The van der Waals surface area contributed by atoms with Crippen LogP contribution >= 0.6 is 15.9 Å². The third-order valence-electron chi connectivity index (χ3n) is 1.86. The molecule has 17 heavy (non-hydrogen) atoms. The number of pyridine rings is 1. The van der Waals surface area contributed by atoms with Crippen molar-refractivity contribution in [3.05, 3.63) is 32.0 Å². The predicted molar refractivity (Wildman–Crippen MR) is 54.9 cm³/mol. The molecule has 0 radical (unpaired) electrons. The summed E-state index contributed by atoms with van der Waals surface area (Å²) < 4.78 is 24.6. The van der Waals surface area contributed by atoms with Crippen LogP contribution in [0.25, 0.3) is 0 Å². The van der Waals surface area contributed by atoms with E-state index in [1.807, 2.05) is 0 Å². The fourth-order valence-electron chi connectivity index (χ4n) is 1.16. The van der Waals surface area contributed by atoms with Gasteiger partial charge >= 0.3 is 5.97 Å². The second kappa shape index (κ2) is 5.13. The largest absolute Gasteiger partial charge is 0.481 e. The van der Waals surface area contributed by atoms with Gasteiger partial charge in [0.1, 0.15) is 11.9 Å². The van der Waals surface area contributed by atoms with Crippen LogP contribution in [0.3, 0.4) is 0 Å². The van der Waals surface area contributed by atoms with Crippen molar-refractivity contribution in [3.63, 3.8) is 0 Å². The number of carboxylic acid groups (broad SMARTS) is 1. The highest BCUT2D eigenvalue weighted by molar-refractivity contribution is 9.10. The minimum Gasteiger partial charge on any atom is -0.481 e. The monoisotopic (exact) mass is 310 g/mol. The van der Waals surface area contributed by atoms with E-state index in [4.69, 9.17) is 5.11 Å². The first-order chi connectivity index (χ1) is 7.84. The maximum atomic E-state index is 12.5. The zero-order valence-corrected chi connectivity index (χ0v) is 9.65. The van der Waals surface area contributed by atoms with Crippen LogP contribution < -0.4 is 0 Å². The molecule has 0 atom stereocenters. The van der Waals surface area contributed by atoms with E-state index < -0.39 is 35.1 Å². The average molecular weight is 311 g/mol. The average Bonchev–Trinajstić information content (AvgIpc) is 2.19. The standard InChI is InChI=1S/C8H5BrF2N2O4/c9-6-3(1-5(14)15)4(13(16)17)2-12-7(6)8(10)11/h2,8H,1H2,(H,14,15). The number of nitrogens with zero attached hydrogens (tertiary/aromatic N) is 2. The van der Waals surface area contributed by atoms with Crippen molar-refractivity contribution < 1.29 is 23.6 Å². The first kappa shape index (κ1) is 13.4. The molecule has 92 valence electrons. The Bertz CT molecular complexity index is 481. The molecule has 1 rings (SSSR count). The highest BCUT2D eigenvalue weighted by atomic mass is 79.9. The number of nitro groups is 1. The van der Waals surface area contributed by atoms with E-state index in [1.54, 1.807) is 0 Å². The van der Waals surface area contributed by atoms with E-state index in [-0.39, 0.29) is 10.0 Å². The van der Waals surface area contributed by atoms with Crippen molar-refractivity contribution in [1.29, 1.82) is 0 Å². The summed E-state index contributed by atoms with van der Waals surface area (Å²) in [6.45, 7) is 0. The highest BCUT2D eigenvalue weighted by Gasteiger charge is 2.25. The van der Waals surface area contributed by atoms with Crippen LogP contribution in [0.1, 0.15) is 17.7 Å². The van der Waals surface area contributed by atoms with Gasteiger partial charge in [-0.2, -0.15) is 0 Å². The fourth-order valence-corrected chi connectivity index (χ4v) is 1.78. The molecule has 0 saturated carbocycles. The van der Waals surface area contributed by atoms with E-state index in [1.165, 1.54) is 0 Å². The number of rotatable bonds is 4. The Hall–Kier alpha value is -1.64. The quantitative estimate of drug-likeness (QED) is 0.680. The van der Waals surface area contributed by atoms with Crippen molar-refractivity contribution >= 4 is 27.6 Å². The Kier molecular flexibility index (Phi) is 4.05. The topological polar surface area (TPSA) is 93.3 Å². The Morgan fingerprint density at radius 2 is 2.24 bits per heavy atom. The summed E-state index contributed by atoms with van der Waals surface area (Å²) in [5.74, 6) is -1.36. The number of alkyl halides is 2. The van der Waals surface area contributed by atoms with Crippen LogP contribution in [0, 0.1) is 10.1 Å². The fraction of sp³-hybridized carbons (Fsp3) is 0.250. The van der Waals surface area contributed by atoms with Crippen LogP contribution in [0.2, 0.25) is 0 Å². The van der Waals surface area contributed by atoms with E-state index >= 15 is 0 Å². The van der Waals surface area contributed by atoms with Crippen molar-refractivity contribution in [2.24, 2.45) is 0 Å². The van der Waals surface area contributed by atoms with Crippen LogP contribution in [0.15, 0.2) is 10.7 Å². The highest BCUT2D eigenvalue weighted by Crippen LogP contribution is 2.33. The molecular formula is C8H5BrF2N2O4. The van der Waals surface area contributed by atoms with Crippen LogP contribution in [-0.4, -0.2) is 21.0 Å². The molecule has 0 bridgehead atoms. The first-order valence-electron chi connectivity index (χ1n) is 4.16. The second-order valence-electron chi connectivity index (χ2n) is 2.95. The summed E-state index contributed by atoms with van der Waals surface area (Å²) in [5, 5.41) is 19.2. The number of hydrogen-bond acceptors (Lipinski definition) is 4. The molecule has 1 N–H and O–H groups in total. The molecule has 1 aromatic rings. The molecule has 0 aromatic carbocycles. The minimum atomic E-state index is -2.95. The summed E-state index contributed by atoms with van der Waals surface area (Å²) in [6.07, 6.45) is -3.05. The van der Waals surface area contributed by atoms with Crippen molar-refractivity contribution in [1.82, 2.24) is 4.98 Å². The normalized spacial score (nSPS) is 10.6. The van der Waals surface area contributed by atoms with E-state index in [9.17, 15) is 23.7 Å². The molecule has 0 amide bonds. The molecule has 0 saturated heterocycles. The Labute approximate surface area is 102 Å². The molecule has 0 unspecified atom stereocenters. The van der Waals surface area contributed by atoms with Gasteiger partial charge < -0.3 is 5.11 Å². The molecule has 0 spiro atoms. The van der Waals surface area contributed by atoms with Gasteiger partial charge in [-0.05, 0) is 15.9 Å². The zero-order chi connectivity index (χ0) is 13.2. The number of hydrogen-bond donors (Lipinski definition) is 1. The summed E-state index contributed by atoms with van der Waals surface area (Å²) in [5.41, 5.74) is -1.65. The lowest BCUT2D eigenvalue weighted by Crippen LogP contribution is -2.07. The molecule has 0 aliphatic carbocycles. The van der Waals surface area contributed by atoms with Gasteiger partial charge in [0.25, 0.3) is 12.1 Å². The minimum absolute atomic E-state index is 0.326. The maximum absolute atomic E-state index is 12.5. The lowest BCUT2D eigenvalue weighted by Gasteiger charge is -2.07. The summed E-state index contributed by atoms with van der Waals surface area (Å²) in [7, 11) is 0. The van der Waals surface area contributed by atoms with Crippen molar-refractivity contribution in [2.75, 3.05) is 0 Å². The molecule has 1 aromatic heterocycles. The van der Waals surface area contributed by atoms with E-state index in [0.29, 0.717) is 6.20 Å². The third kappa shape index (κ3) is 2.93. The van der Waals surface area contributed by atoms with E-state index in [0.717, 1.165) is 0 Å². The second-order valence-corrected chi connectivity index (χ2v) is 3.74. The number of carboxylic acids is 1. The molecule has 6 nitrogen and oxygen atoms in total. The lowest BCUT2D eigenvalue weighted by molar-refractivity contribution is -0.385. The number of carbonyl (C=O) groups is 1. The molecule has 9 heteroatoms. The van der Waals surface area contributed by atoms with Gasteiger partial charge in [0, 0.05) is 0 Å². The zero-order valence-electron chi connectivity index (χ0n) is 8.06. The van der Waals surface area contributed by atoms with Gasteiger partial charge in [0.05, 0.1) is 21.4 Å². The van der Waals surface area contributed by atoms with Gasteiger partial charge in [0.2, 0.25) is 0 Å². The SMILES string of the molecule is O=C(O)Cc1c([N+](=O)[O-])cnc(C(F)F)c1Br. The Balaban J connectivity index is 3.41. The number of halogens is 3. The van der Waals surface area contributed by atoms with Gasteiger partial charge in [-0.15, -0.1) is 0 Å². The predicted octanol–water partition coefficient (Wildman–Crippen LogP) is 2.32. The Morgan fingerprint density at radius 3 is 2.65 bits per heavy atom. The lowest BCUT2D eigenvalue weighted by atomic mass is 10.1. The number of aliphatic carboxylic acids is 1. The maximum Gasteiger partial charge on any atom is 0.308 e. The molecule has 0 aliphatic heterocycles.